The van der Waals surface area contributed by atoms with Crippen LogP contribution in [-0.4, -0.2) is 34.8 Å². The van der Waals surface area contributed by atoms with E-state index < -0.39 is 6.04 Å². The molecule has 5 heteroatoms. The standard InChI is InChI=1S/C22H25N3O2/c1-15-8-4-5-9-17(15)14-25(3)22(27)21(24-16(2)26)12-18-13-23-20-11-7-6-10-19(18)20/h4-11,13,21,23H,12,14H2,1-3H3,(H,24,26). The summed E-state index contributed by atoms with van der Waals surface area (Å²) in [7, 11) is 1.78. The number of amides is 2. The zero-order valence-electron chi connectivity index (χ0n) is 16.0. The number of aryl methyl sites for hydroxylation is 1. The van der Waals surface area contributed by atoms with Gasteiger partial charge in [-0.25, -0.2) is 0 Å². The summed E-state index contributed by atoms with van der Waals surface area (Å²) in [6, 6.07) is 15.4. The normalized spacial score (nSPS) is 12.0. The number of rotatable bonds is 6. The summed E-state index contributed by atoms with van der Waals surface area (Å²) < 4.78 is 0. The van der Waals surface area contributed by atoms with Gasteiger partial charge in [-0.3, -0.25) is 9.59 Å². The van der Waals surface area contributed by atoms with Crippen LogP contribution in [0.1, 0.15) is 23.6 Å². The highest BCUT2D eigenvalue weighted by atomic mass is 16.2. The average molecular weight is 363 g/mol. The Bertz CT molecular complexity index is 961. The minimum absolute atomic E-state index is 0.0984. The van der Waals surface area contributed by atoms with Crippen LogP contribution in [0, 0.1) is 6.92 Å². The Morgan fingerprint density at radius 2 is 1.78 bits per heavy atom. The smallest absolute Gasteiger partial charge is 0.245 e. The van der Waals surface area contributed by atoms with Gasteiger partial charge in [-0.05, 0) is 29.7 Å². The maximum atomic E-state index is 13.1. The number of hydrogen-bond acceptors (Lipinski definition) is 2. The van der Waals surface area contributed by atoms with Crippen LogP contribution in [-0.2, 0) is 22.6 Å². The van der Waals surface area contributed by atoms with E-state index in [0.29, 0.717) is 13.0 Å². The van der Waals surface area contributed by atoms with E-state index in [1.54, 1.807) is 11.9 Å². The average Bonchev–Trinajstić information content (AvgIpc) is 3.05. The largest absolute Gasteiger partial charge is 0.361 e. The number of likely N-dealkylation sites (N-methyl/N-ethyl adjacent to an activating group) is 1. The first-order valence-electron chi connectivity index (χ1n) is 9.07. The molecule has 27 heavy (non-hydrogen) atoms. The van der Waals surface area contributed by atoms with E-state index in [4.69, 9.17) is 0 Å². The number of H-pyrrole nitrogens is 1. The molecule has 3 aromatic rings. The van der Waals surface area contributed by atoms with Gasteiger partial charge < -0.3 is 15.2 Å². The van der Waals surface area contributed by atoms with Crippen molar-refractivity contribution in [3.63, 3.8) is 0 Å². The second kappa shape index (κ2) is 8.08. The van der Waals surface area contributed by atoms with Gasteiger partial charge in [0.05, 0.1) is 0 Å². The predicted molar refractivity (Wildman–Crippen MR) is 107 cm³/mol. The molecule has 0 aliphatic heterocycles. The molecular weight excluding hydrogens is 338 g/mol. The molecule has 0 saturated heterocycles. The Morgan fingerprint density at radius 3 is 2.52 bits per heavy atom. The van der Waals surface area contributed by atoms with Crippen LogP contribution in [0.5, 0.6) is 0 Å². The third-order valence-electron chi connectivity index (χ3n) is 4.82. The summed E-state index contributed by atoms with van der Waals surface area (Å²) in [5.74, 6) is -0.309. The lowest BCUT2D eigenvalue weighted by Crippen LogP contribution is -2.47. The van der Waals surface area contributed by atoms with Crippen LogP contribution in [0.2, 0.25) is 0 Å². The molecule has 2 amide bonds. The van der Waals surface area contributed by atoms with Gasteiger partial charge >= 0.3 is 0 Å². The molecule has 0 radical (unpaired) electrons. The molecule has 0 fully saturated rings. The van der Waals surface area contributed by atoms with Crippen LogP contribution in [0.25, 0.3) is 10.9 Å². The quantitative estimate of drug-likeness (QED) is 0.706. The fourth-order valence-electron chi connectivity index (χ4n) is 3.35. The van der Waals surface area contributed by atoms with Crippen molar-refractivity contribution in [2.75, 3.05) is 7.05 Å². The number of aromatic nitrogens is 1. The van der Waals surface area contributed by atoms with Crippen LogP contribution < -0.4 is 5.32 Å². The van der Waals surface area contributed by atoms with Crippen LogP contribution >= 0.6 is 0 Å². The van der Waals surface area contributed by atoms with E-state index in [9.17, 15) is 9.59 Å². The van der Waals surface area contributed by atoms with E-state index in [2.05, 4.69) is 10.3 Å². The topological polar surface area (TPSA) is 65.2 Å². The minimum Gasteiger partial charge on any atom is -0.361 e. The SMILES string of the molecule is CC(=O)NC(Cc1c[nH]c2ccccc12)C(=O)N(C)Cc1ccccc1C. The Morgan fingerprint density at radius 1 is 1.07 bits per heavy atom. The molecule has 0 bridgehead atoms. The number of carbonyl (C=O) groups excluding carboxylic acids is 2. The lowest BCUT2D eigenvalue weighted by Gasteiger charge is -2.25. The molecule has 5 nitrogen and oxygen atoms in total. The van der Waals surface area contributed by atoms with Crippen molar-refractivity contribution in [3.05, 3.63) is 71.4 Å². The predicted octanol–water partition coefficient (Wildman–Crippen LogP) is 3.18. The highest BCUT2D eigenvalue weighted by molar-refractivity contribution is 5.89. The third kappa shape index (κ3) is 4.37. The molecule has 140 valence electrons. The van der Waals surface area contributed by atoms with E-state index in [1.165, 1.54) is 6.92 Å². The number of benzene rings is 2. The maximum absolute atomic E-state index is 13.1. The monoisotopic (exact) mass is 363 g/mol. The molecule has 1 aromatic heterocycles. The van der Waals surface area contributed by atoms with E-state index >= 15 is 0 Å². The molecule has 0 aliphatic rings. The zero-order chi connectivity index (χ0) is 19.4. The summed E-state index contributed by atoms with van der Waals surface area (Å²) in [5.41, 5.74) is 4.28. The molecule has 2 N–H and O–H groups in total. The van der Waals surface area contributed by atoms with Crippen LogP contribution in [0.3, 0.4) is 0 Å². The van der Waals surface area contributed by atoms with Crippen molar-refractivity contribution in [1.29, 1.82) is 0 Å². The van der Waals surface area contributed by atoms with Crippen LogP contribution in [0.4, 0.5) is 0 Å². The summed E-state index contributed by atoms with van der Waals surface area (Å²) >= 11 is 0. The summed E-state index contributed by atoms with van der Waals surface area (Å²) in [6.45, 7) is 3.98. The third-order valence-corrected chi connectivity index (χ3v) is 4.82. The maximum Gasteiger partial charge on any atom is 0.245 e. The molecule has 1 heterocycles. The van der Waals surface area contributed by atoms with Crippen molar-refractivity contribution in [2.24, 2.45) is 0 Å². The van der Waals surface area contributed by atoms with Gasteiger partial charge in [0.15, 0.2) is 0 Å². The first-order chi connectivity index (χ1) is 13.0. The van der Waals surface area contributed by atoms with Crippen molar-refractivity contribution in [1.82, 2.24) is 15.2 Å². The summed E-state index contributed by atoms with van der Waals surface area (Å²) in [4.78, 5) is 29.7. The van der Waals surface area contributed by atoms with Gasteiger partial charge in [-0.15, -0.1) is 0 Å². The highest BCUT2D eigenvalue weighted by Crippen LogP contribution is 2.20. The summed E-state index contributed by atoms with van der Waals surface area (Å²) in [6.07, 6.45) is 2.36. The van der Waals surface area contributed by atoms with Gasteiger partial charge in [0.2, 0.25) is 11.8 Å². The number of para-hydroxylation sites is 1. The first kappa shape index (κ1) is 18.7. The zero-order valence-corrected chi connectivity index (χ0v) is 16.0. The Labute approximate surface area is 159 Å². The minimum atomic E-state index is -0.601. The second-order valence-corrected chi connectivity index (χ2v) is 6.94. The van der Waals surface area contributed by atoms with Crippen molar-refractivity contribution >= 4 is 22.7 Å². The molecule has 2 aromatic carbocycles. The lowest BCUT2D eigenvalue weighted by molar-refractivity contribution is -0.135. The van der Waals surface area contributed by atoms with Crippen molar-refractivity contribution in [2.45, 2.75) is 32.9 Å². The number of nitrogens with one attached hydrogen (secondary N) is 2. The Kier molecular flexibility index (Phi) is 5.60. The fourth-order valence-corrected chi connectivity index (χ4v) is 3.35. The summed E-state index contributed by atoms with van der Waals surface area (Å²) in [5, 5.41) is 3.89. The second-order valence-electron chi connectivity index (χ2n) is 6.94. The highest BCUT2D eigenvalue weighted by Gasteiger charge is 2.24. The molecule has 0 saturated carbocycles. The van der Waals surface area contributed by atoms with Crippen molar-refractivity contribution < 1.29 is 9.59 Å². The number of carbonyl (C=O) groups is 2. The molecular formula is C22H25N3O2. The van der Waals surface area contributed by atoms with Crippen LogP contribution in [0.15, 0.2) is 54.7 Å². The van der Waals surface area contributed by atoms with Gasteiger partial charge in [0.25, 0.3) is 0 Å². The number of nitrogens with zero attached hydrogens (tertiary/aromatic N) is 1. The lowest BCUT2D eigenvalue weighted by atomic mass is 10.0. The number of fused-ring (bicyclic) bond motifs is 1. The van der Waals surface area contributed by atoms with Gasteiger partial charge in [-0.2, -0.15) is 0 Å². The fraction of sp³-hybridized carbons (Fsp3) is 0.273. The van der Waals surface area contributed by atoms with E-state index in [0.717, 1.165) is 27.6 Å². The van der Waals surface area contributed by atoms with E-state index in [-0.39, 0.29) is 11.8 Å². The molecule has 0 aliphatic carbocycles. The number of aromatic amines is 1. The molecule has 3 rings (SSSR count). The Hall–Kier alpha value is -3.08. The molecule has 1 atom stereocenters. The number of hydrogen-bond donors (Lipinski definition) is 2. The molecule has 0 spiro atoms. The van der Waals surface area contributed by atoms with Gasteiger partial charge in [-0.1, -0.05) is 42.5 Å². The molecule has 1 unspecified atom stereocenters. The van der Waals surface area contributed by atoms with Crippen molar-refractivity contribution in [3.8, 4) is 0 Å². The van der Waals surface area contributed by atoms with Gasteiger partial charge in [0, 0.05) is 44.0 Å². The van der Waals surface area contributed by atoms with Gasteiger partial charge in [0.1, 0.15) is 6.04 Å². The van der Waals surface area contributed by atoms with E-state index in [1.807, 2.05) is 61.7 Å². The first-order valence-corrected chi connectivity index (χ1v) is 9.07. The Balaban J connectivity index is 1.80.